The number of carboxylic acid groups (broad SMARTS) is 2. The second-order valence-electron chi connectivity index (χ2n) is 4.08. The van der Waals surface area contributed by atoms with Crippen LogP contribution in [-0.2, 0) is 0 Å². The third kappa shape index (κ3) is 2.69. The van der Waals surface area contributed by atoms with Gasteiger partial charge in [-0.1, -0.05) is 12.1 Å². The maximum Gasteiger partial charge on any atom is 0.337 e. The van der Waals surface area contributed by atoms with Crippen LogP contribution < -0.4 is 11.1 Å². The van der Waals surface area contributed by atoms with E-state index >= 15 is 0 Å². The number of aromatic carboxylic acids is 2. The van der Waals surface area contributed by atoms with Crippen LogP contribution in [0.15, 0.2) is 42.5 Å². The minimum Gasteiger partial charge on any atom is -0.478 e. The van der Waals surface area contributed by atoms with E-state index in [1.165, 1.54) is 24.3 Å². The van der Waals surface area contributed by atoms with Crippen molar-refractivity contribution in [2.24, 2.45) is 0 Å². The van der Waals surface area contributed by atoms with E-state index in [1.54, 1.807) is 18.2 Å². The summed E-state index contributed by atoms with van der Waals surface area (Å²) in [6, 6.07) is 10.6. The lowest BCUT2D eigenvalue weighted by atomic mass is 10.1. The molecule has 0 fully saturated rings. The summed E-state index contributed by atoms with van der Waals surface area (Å²) >= 11 is 0. The van der Waals surface area contributed by atoms with Gasteiger partial charge in [-0.3, -0.25) is 0 Å². The summed E-state index contributed by atoms with van der Waals surface area (Å²) in [4.78, 5) is 21.9. The topological polar surface area (TPSA) is 113 Å². The van der Waals surface area contributed by atoms with Crippen molar-refractivity contribution >= 4 is 29.0 Å². The molecule has 0 unspecified atom stereocenters. The number of nitrogens with two attached hydrogens (primary N) is 1. The number of nitrogen functional groups attached to an aromatic ring is 1. The van der Waals surface area contributed by atoms with Crippen LogP contribution in [-0.4, -0.2) is 22.2 Å². The van der Waals surface area contributed by atoms with Crippen LogP contribution in [0.25, 0.3) is 0 Å². The highest BCUT2D eigenvalue weighted by molar-refractivity contribution is 5.96. The molecule has 5 N–H and O–H groups in total. The monoisotopic (exact) mass is 272 g/mol. The van der Waals surface area contributed by atoms with Gasteiger partial charge in [-0.15, -0.1) is 0 Å². The minimum atomic E-state index is -1.07. The van der Waals surface area contributed by atoms with E-state index in [-0.39, 0.29) is 16.8 Å². The van der Waals surface area contributed by atoms with Crippen molar-refractivity contribution in [2.75, 3.05) is 11.1 Å². The number of rotatable bonds is 4. The highest BCUT2D eigenvalue weighted by Crippen LogP contribution is 2.26. The largest absolute Gasteiger partial charge is 0.478 e. The van der Waals surface area contributed by atoms with Crippen molar-refractivity contribution in [1.82, 2.24) is 0 Å². The van der Waals surface area contributed by atoms with Gasteiger partial charge in [0.25, 0.3) is 0 Å². The van der Waals surface area contributed by atoms with E-state index in [0.717, 1.165) is 0 Å². The lowest BCUT2D eigenvalue weighted by molar-refractivity contribution is 0.0686. The van der Waals surface area contributed by atoms with E-state index < -0.39 is 11.9 Å². The fourth-order valence-electron chi connectivity index (χ4n) is 1.73. The molecule has 0 bridgehead atoms. The van der Waals surface area contributed by atoms with Gasteiger partial charge in [0.1, 0.15) is 0 Å². The van der Waals surface area contributed by atoms with Gasteiger partial charge in [0.05, 0.1) is 28.2 Å². The molecule has 0 radical (unpaired) electrons. The third-order valence-electron chi connectivity index (χ3n) is 2.73. The maximum atomic E-state index is 11.1. The number of benzene rings is 2. The fraction of sp³-hybridized carbons (Fsp3) is 0. The predicted octanol–water partition coefficient (Wildman–Crippen LogP) is 2.41. The normalized spacial score (nSPS) is 10.0. The SMILES string of the molecule is Nc1cc(C(=O)O)ccc1Nc1ccccc1C(=O)O. The fourth-order valence-corrected chi connectivity index (χ4v) is 1.73. The number of nitrogens with one attached hydrogen (secondary N) is 1. The standard InChI is InChI=1S/C14H12N2O4/c15-10-7-8(13(17)18)5-6-12(10)16-11-4-2-1-3-9(11)14(19)20/h1-7,16H,15H2,(H,17,18)(H,19,20). The van der Waals surface area contributed by atoms with Crippen LogP contribution in [0.3, 0.4) is 0 Å². The zero-order valence-corrected chi connectivity index (χ0v) is 10.3. The maximum absolute atomic E-state index is 11.1. The van der Waals surface area contributed by atoms with Crippen molar-refractivity contribution in [2.45, 2.75) is 0 Å². The Labute approximate surface area is 114 Å². The van der Waals surface area contributed by atoms with Gasteiger partial charge in [0.2, 0.25) is 0 Å². The van der Waals surface area contributed by atoms with Gasteiger partial charge >= 0.3 is 11.9 Å². The van der Waals surface area contributed by atoms with Crippen LogP contribution in [0.2, 0.25) is 0 Å². The molecule has 0 heterocycles. The molecule has 6 nitrogen and oxygen atoms in total. The van der Waals surface area contributed by atoms with Crippen molar-refractivity contribution in [3.63, 3.8) is 0 Å². The van der Waals surface area contributed by atoms with Crippen molar-refractivity contribution in [3.05, 3.63) is 53.6 Å². The number of anilines is 3. The summed E-state index contributed by atoms with van der Waals surface area (Å²) in [6.45, 7) is 0. The summed E-state index contributed by atoms with van der Waals surface area (Å²) in [7, 11) is 0. The quantitative estimate of drug-likeness (QED) is 0.636. The molecular weight excluding hydrogens is 260 g/mol. The van der Waals surface area contributed by atoms with Crippen LogP contribution in [0.1, 0.15) is 20.7 Å². The molecule has 0 spiro atoms. The lowest BCUT2D eigenvalue weighted by Crippen LogP contribution is -2.05. The summed E-state index contributed by atoms with van der Waals surface area (Å²) in [5.41, 5.74) is 6.99. The molecule has 0 atom stereocenters. The molecule has 0 saturated carbocycles. The van der Waals surface area contributed by atoms with Crippen LogP contribution >= 0.6 is 0 Å². The highest BCUT2D eigenvalue weighted by atomic mass is 16.4. The Hall–Kier alpha value is -3.02. The Morgan fingerprint density at radius 1 is 0.950 bits per heavy atom. The molecule has 2 aromatic rings. The van der Waals surface area contributed by atoms with E-state index in [2.05, 4.69) is 5.32 Å². The molecule has 102 valence electrons. The summed E-state index contributed by atoms with van der Waals surface area (Å²) in [5, 5.41) is 20.8. The molecule has 2 aromatic carbocycles. The van der Waals surface area contributed by atoms with Gasteiger partial charge in [0, 0.05) is 0 Å². The number of para-hydroxylation sites is 1. The Morgan fingerprint density at radius 3 is 2.25 bits per heavy atom. The van der Waals surface area contributed by atoms with Crippen molar-refractivity contribution in [1.29, 1.82) is 0 Å². The first-order valence-electron chi connectivity index (χ1n) is 5.71. The average Bonchev–Trinajstić information content (AvgIpc) is 2.41. The van der Waals surface area contributed by atoms with Crippen molar-refractivity contribution < 1.29 is 19.8 Å². The third-order valence-corrected chi connectivity index (χ3v) is 2.73. The highest BCUT2D eigenvalue weighted by Gasteiger charge is 2.11. The molecule has 0 saturated heterocycles. The Bertz CT molecular complexity index is 683. The van der Waals surface area contributed by atoms with Gasteiger partial charge in [-0.05, 0) is 30.3 Å². The second-order valence-corrected chi connectivity index (χ2v) is 4.08. The molecule has 0 aliphatic carbocycles. The van der Waals surface area contributed by atoms with E-state index in [0.29, 0.717) is 11.4 Å². The first-order chi connectivity index (χ1) is 9.49. The molecule has 0 aliphatic rings. The van der Waals surface area contributed by atoms with Gasteiger partial charge in [-0.2, -0.15) is 0 Å². The van der Waals surface area contributed by atoms with Gasteiger partial charge in [-0.25, -0.2) is 9.59 Å². The Balaban J connectivity index is 2.36. The number of carbonyl (C=O) groups is 2. The van der Waals surface area contributed by atoms with Crippen LogP contribution in [0.4, 0.5) is 17.1 Å². The molecule has 20 heavy (non-hydrogen) atoms. The zero-order valence-electron chi connectivity index (χ0n) is 10.3. The van der Waals surface area contributed by atoms with Crippen LogP contribution in [0, 0.1) is 0 Å². The number of hydrogen-bond donors (Lipinski definition) is 4. The minimum absolute atomic E-state index is 0.0690. The molecule has 0 aliphatic heterocycles. The van der Waals surface area contributed by atoms with Crippen LogP contribution in [0.5, 0.6) is 0 Å². The smallest absolute Gasteiger partial charge is 0.337 e. The second kappa shape index (κ2) is 5.31. The summed E-state index contributed by atoms with van der Waals surface area (Å²) in [5.74, 6) is -2.14. The van der Waals surface area contributed by atoms with E-state index in [4.69, 9.17) is 15.9 Å². The number of carboxylic acids is 2. The first kappa shape index (κ1) is 13.4. The first-order valence-corrected chi connectivity index (χ1v) is 5.71. The Kier molecular flexibility index (Phi) is 3.56. The summed E-state index contributed by atoms with van der Waals surface area (Å²) < 4.78 is 0. The lowest BCUT2D eigenvalue weighted by Gasteiger charge is -2.12. The van der Waals surface area contributed by atoms with E-state index in [1.807, 2.05) is 0 Å². The predicted molar refractivity (Wildman–Crippen MR) is 74.5 cm³/mol. The molecule has 0 amide bonds. The van der Waals surface area contributed by atoms with Gasteiger partial charge < -0.3 is 21.3 Å². The van der Waals surface area contributed by atoms with E-state index in [9.17, 15) is 9.59 Å². The Morgan fingerprint density at radius 2 is 1.65 bits per heavy atom. The molecule has 2 rings (SSSR count). The molecule has 0 aromatic heterocycles. The van der Waals surface area contributed by atoms with Crippen molar-refractivity contribution in [3.8, 4) is 0 Å². The molecular formula is C14H12N2O4. The number of hydrogen-bond acceptors (Lipinski definition) is 4. The molecule has 6 heteroatoms. The van der Waals surface area contributed by atoms with Gasteiger partial charge in [0.15, 0.2) is 0 Å². The average molecular weight is 272 g/mol. The zero-order chi connectivity index (χ0) is 14.7. The summed E-state index contributed by atoms with van der Waals surface area (Å²) in [6.07, 6.45) is 0.